The van der Waals surface area contributed by atoms with Crippen molar-refractivity contribution in [2.45, 2.75) is 25.9 Å². The lowest BCUT2D eigenvalue weighted by Crippen LogP contribution is -2.35. The minimum Gasteiger partial charge on any atom is -0.446 e. The van der Waals surface area contributed by atoms with Crippen molar-refractivity contribution >= 4 is 5.97 Å². The maximum Gasteiger partial charge on any atom is 0.339 e. The largest absolute Gasteiger partial charge is 0.446 e. The van der Waals surface area contributed by atoms with Crippen LogP contribution in [0.25, 0.3) is 0 Å². The summed E-state index contributed by atoms with van der Waals surface area (Å²) in [6.07, 6.45) is 0.708. The lowest BCUT2D eigenvalue weighted by Gasteiger charge is -2.36. The molecule has 2 heteroatoms. The summed E-state index contributed by atoms with van der Waals surface area (Å²) in [4.78, 5) is 13.0. The molecule has 3 aromatic rings. The highest BCUT2D eigenvalue weighted by Crippen LogP contribution is 2.40. The zero-order valence-corrected chi connectivity index (χ0v) is 15.3. The minimum absolute atomic E-state index is 0.307. The van der Waals surface area contributed by atoms with Gasteiger partial charge in [0.15, 0.2) is 5.60 Å². The molecule has 3 rings (SSSR count). The second kappa shape index (κ2) is 8.01. The van der Waals surface area contributed by atoms with Crippen LogP contribution in [0.1, 0.15) is 41.8 Å². The number of carbonyl (C=O) groups excluding carboxylic acids is 1. The fraction of sp³-hybridized carbons (Fsp3) is 0.208. The fourth-order valence-corrected chi connectivity index (χ4v) is 3.34. The summed E-state index contributed by atoms with van der Waals surface area (Å²) >= 11 is 0. The zero-order chi connectivity index (χ0) is 18.4. The third-order valence-electron chi connectivity index (χ3n) is 4.45. The van der Waals surface area contributed by atoms with Crippen LogP contribution in [-0.2, 0) is 10.3 Å². The molecule has 0 saturated heterocycles. The van der Waals surface area contributed by atoms with E-state index in [1.165, 1.54) is 0 Å². The van der Waals surface area contributed by atoms with Crippen molar-refractivity contribution in [3.05, 3.63) is 108 Å². The Morgan fingerprint density at radius 2 is 1.19 bits per heavy atom. The van der Waals surface area contributed by atoms with Crippen LogP contribution in [0.3, 0.4) is 0 Å². The van der Waals surface area contributed by atoms with Gasteiger partial charge in [0.2, 0.25) is 0 Å². The predicted molar refractivity (Wildman–Crippen MR) is 105 cm³/mol. The molecule has 132 valence electrons. The Hall–Kier alpha value is -2.87. The highest BCUT2D eigenvalue weighted by molar-refractivity contribution is 5.90. The van der Waals surface area contributed by atoms with Crippen molar-refractivity contribution in [3.8, 4) is 0 Å². The first-order chi connectivity index (χ1) is 12.6. The van der Waals surface area contributed by atoms with E-state index in [1.807, 2.05) is 78.9 Å². The summed E-state index contributed by atoms with van der Waals surface area (Å²) in [7, 11) is 0. The standard InChI is InChI=1S/C24H24O2/c1-19(2)18-24(21-14-8-4-9-15-21,22-16-10-5-11-17-22)26-23(25)20-12-6-3-7-13-20/h3-17,19H,18H2,1-2H3. The van der Waals surface area contributed by atoms with Crippen molar-refractivity contribution in [1.29, 1.82) is 0 Å². The molecule has 0 N–H and O–H groups in total. The first-order valence-electron chi connectivity index (χ1n) is 9.01. The van der Waals surface area contributed by atoms with Crippen molar-refractivity contribution in [2.24, 2.45) is 5.92 Å². The number of hydrogen-bond donors (Lipinski definition) is 0. The van der Waals surface area contributed by atoms with Gasteiger partial charge in [0.25, 0.3) is 0 Å². The number of carbonyl (C=O) groups is 1. The van der Waals surface area contributed by atoms with E-state index in [0.717, 1.165) is 11.1 Å². The van der Waals surface area contributed by atoms with E-state index in [-0.39, 0.29) is 5.97 Å². The Labute approximate surface area is 155 Å². The smallest absolute Gasteiger partial charge is 0.339 e. The van der Waals surface area contributed by atoms with Gasteiger partial charge in [-0.25, -0.2) is 4.79 Å². The first kappa shape index (κ1) is 17.9. The molecule has 2 nitrogen and oxygen atoms in total. The SMILES string of the molecule is CC(C)CC(OC(=O)c1ccccc1)(c1ccccc1)c1ccccc1. The summed E-state index contributed by atoms with van der Waals surface area (Å²) in [5, 5.41) is 0. The van der Waals surface area contributed by atoms with Gasteiger partial charge in [-0.1, -0.05) is 92.7 Å². The zero-order valence-electron chi connectivity index (χ0n) is 15.3. The number of hydrogen-bond acceptors (Lipinski definition) is 2. The topological polar surface area (TPSA) is 26.3 Å². The molecule has 0 aliphatic carbocycles. The van der Waals surface area contributed by atoms with Crippen molar-refractivity contribution in [3.63, 3.8) is 0 Å². The van der Waals surface area contributed by atoms with Crippen LogP contribution >= 0.6 is 0 Å². The van der Waals surface area contributed by atoms with Gasteiger partial charge in [0, 0.05) is 11.1 Å². The number of ether oxygens (including phenoxy) is 1. The molecule has 0 radical (unpaired) electrons. The van der Waals surface area contributed by atoms with Gasteiger partial charge in [-0.15, -0.1) is 0 Å². The van der Waals surface area contributed by atoms with Gasteiger partial charge in [0.05, 0.1) is 5.56 Å². The second-order valence-electron chi connectivity index (χ2n) is 6.91. The monoisotopic (exact) mass is 344 g/mol. The van der Waals surface area contributed by atoms with Gasteiger partial charge < -0.3 is 4.74 Å². The van der Waals surface area contributed by atoms with E-state index in [4.69, 9.17) is 4.74 Å². The average Bonchev–Trinajstić information content (AvgIpc) is 2.69. The lowest BCUT2D eigenvalue weighted by molar-refractivity contribution is -0.0106. The van der Waals surface area contributed by atoms with Gasteiger partial charge in [-0.2, -0.15) is 0 Å². The summed E-state index contributed by atoms with van der Waals surface area (Å²) < 4.78 is 6.27. The van der Waals surface area contributed by atoms with Crippen LogP contribution in [0.4, 0.5) is 0 Å². The van der Waals surface area contributed by atoms with Gasteiger partial charge in [0.1, 0.15) is 0 Å². The normalized spacial score (nSPS) is 11.3. The molecule has 3 aromatic carbocycles. The Morgan fingerprint density at radius 3 is 1.62 bits per heavy atom. The Balaban J connectivity index is 2.12. The maximum absolute atomic E-state index is 13.0. The van der Waals surface area contributed by atoms with Gasteiger partial charge in [-0.05, 0) is 24.5 Å². The molecule has 0 saturated carbocycles. The highest BCUT2D eigenvalue weighted by atomic mass is 16.6. The molecule has 0 fully saturated rings. The molecule has 0 amide bonds. The first-order valence-corrected chi connectivity index (χ1v) is 9.01. The third kappa shape index (κ3) is 3.85. The average molecular weight is 344 g/mol. The number of esters is 1. The minimum atomic E-state index is -0.816. The van der Waals surface area contributed by atoms with E-state index in [9.17, 15) is 4.79 Å². The van der Waals surface area contributed by atoms with E-state index in [1.54, 1.807) is 12.1 Å². The Bertz CT molecular complexity index is 784. The van der Waals surface area contributed by atoms with Crippen LogP contribution in [0.2, 0.25) is 0 Å². The Kier molecular flexibility index (Phi) is 5.52. The molecular weight excluding hydrogens is 320 g/mol. The van der Waals surface area contributed by atoms with Gasteiger partial charge >= 0.3 is 5.97 Å². The fourth-order valence-electron chi connectivity index (χ4n) is 3.34. The van der Waals surface area contributed by atoms with Crippen LogP contribution in [0.5, 0.6) is 0 Å². The Morgan fingerprint density at radius 1 is 0.769 bits per heavy atom. The van der Waals surface area contributed by atoms with E-state index >= 15 is 0 Å². The molecule has 26 heavy (non-hydrogen) atoms. The third-order valence-corrected chi connectivity index (χ3v) is 4.45. The molecule has 0 aliphatic heterocycles. The second-order valence-corrected chi connectivity index (χ2v) is 6.91. The van der Waals surface area contributed by atoms with Crippen LogP contribution < -0.4 is 0 Å². The number of rotatable bonds is 6. The van der Waals surface area contributed by atoms with E-state index < -0.39 is 5.60 Å². The molecule has 0 bridgehead atoms. The van der Waals surface area contributed by atoms with E-state index in [0.29, 0.717) is 17.9 Å². The molecular formula is C24H24O2. The maximum atomic E-state index is 13.0. The molecule has 0 aromatic heterocycles. The molecule has 0 unspecified atom stereocenters. The van der Waals surface area contributed by atoms with Crippen molar-refractivity contribution in [2.75, 3.05) is 0 Å². The molecule has 0 spiro atoms. The molecule has 0 atom stereocenters. The highest BCUT2D eigenvalue weighted by Gasteiger charge is 2.39. The summed E-state index contributed by atoms with van der Waals surface area (Å²) in [6.45, 7) is 4.30. The van der Waals surface area contributed by atoms with Crippen LogP contribution in [0, 0.1) is 5.92 Å². The molecule has 0 heterocycles. The summed E-state index contributed by atoms with van der Waals surface area (Å²) in [5.41, 5.74) is 1.73. The number of benzene rings is 3. The predicted octanol–water partition coefficient (Wildman–Crippen LogP) is 5.83. The summed E-state index contributed by atoms with van der Waals surface area (Å²) in [6, 6.07) is 29.2. The summed E-state index contributed by atoms with van der Waals surface area (Å²) in [5.74, 6) is 0.0398. The van der Waals surface area contributed by atoms with E-state index in [2.05, 4.69) is 13.8 Å². The quantitative estimate of drug-likeness (QED) is 0.526. The van der Waals surface area contributed by atoms with Gasteiger partial charge in [-0.3, -0.25) is 0 Å². The van der Waals surface area contributed by atoms with Crippen LogP contribution in [-0.4, -0.2) is 5.97 Å². The molecule has 0 aliphatic rings. The lowest BCUT2D eigenvalue weighted by atomic mass is 9.79. The van der Waals surface area contributed by atoms with Crippen molar-refractivity contribution < 1.29 is 9.53 Å². The van der Waals surface area contributed by atoms with Crippen LogP contribution in [0.15, 0.2) is 91.0 Å². The van der Waals surface area contributed by atoms with Crippen molar-refractivity contribution in [1.82, 2.24) is 0 Å².